The van der Waals surface area contributed by atoms with Gasteiger partial charge in [0.1, 0.15) is 5.60 Å². The van der Waals surface area contributed by atoms with Gasteiger partial charge in [-0.25, -0.2) is 4.79 Å². The van der Waals surface area contributed by atoms with Crippen molar-refractivity contribution in [3.05, 3.63) is 0 Å². The number of nitrogens with one attached hydrogen (secondary N) is 1. The van der Waals surface area contributed by atoms with Gasteiger partial charge in [0, 0.05) is 32.8 Å². The molecule has 0 saturated carbocycles. The number of rotatable bonds is 5. The summed E-state index contributed by atoms with van der Waals surface area (Å²) >= 11 is 0. The third-order valence-corrected chi connectivity index (χ3v) is 3.49. The Kier molecular flexibility index (Phi) is 5.83. The van der Waals surface area contributed by atoms with Crippen molar-refractivity contribution < 1.29 is 14.3 Å². The highest BCUT2D eigenvalue weighted by atomic mass is 16.6. The van der Waals surface area contributed by atoms with Gasteiger partial charge in [-0.2, -0.15) is 0 Å². The van der Waals surface area contributed by atoms with E-state index in [1.165, 1.54) is 0 Å². The van der Waals surface area contributed by atoms with Crippen LogP contribution in [0.1, 0.15) is 47.5 Å². The molecule has 0 aromatic rings. The molecule has 1 fully saturated rings. The molecule has 0 aromatic heterocycles. The summed E-state index contributed by atoms with van der Waals surface area (Å²) < 4.78 is 10.8. The topological polar surface area (TPSA) is 50.8 Å². The standard InChI is InChI=1S/C15H30N2O3/c1-14(2,3)20-13(18)17-9-7-8-12(17)10-16-11-15(4,5)19-6/h12,16H,7-11H2,1-6H3. The molecular weight excluding hydrogens is 256 g/mol. The van der Waals surface area contributed by atoms with E-state index in [-0.39, 0.29) is 17.7 Å². The summed E-state index contributed by atoms with van der Waals surface area (Å²) in [6.07, 6.45) is 1.87. The Morgan fingerprint density at radius 3 is 2.50 bits per heavy atom. The van der Waals surface area contributed by atoms with Crippen LogP contribution in [0.3, 0.4) is 0 Å². The van der Waals surface area contributed by atoms with E-state index in [0.29, 0.717) is 0 Å². The van der Waals surface area contributed by atoms with E-state index in [1.807, 2.05) is 39.5 Å². The second-order valence-corrected chi connectivity index (χ2v) is 7.06. The monoisotopic (exact) mass is 286 g/mol. The number of hydrogen-bond acceptors (Lipinski definition) is 4. The Balaban J connectivity index is 2.43. The molecule has 20 heavy (non-hydrogen) atoms. The molecule has 0 bridgehead atoms. The third kappa shape index (κ3) is 5.67. The van der Waals surface area contributed by atoms with Crippen molar-refractivity contribution in [2.24, 2.45) is 0 Å². The second-order valence-electron chi connectivity index (χ2n) is 7.06. The van der Waals surface area contributed by atoms with Gasteiger partial charge in [-0.1, -0.05) is 0 Å². The van der Waals surface area contributed by atoms with Gasteiger partial charge in [0.05, 0.1) is 5.60 Å². The van der Waals surface area contributed by atoms with Crippen molar-refractivity contribution in [3.63, 3.8) is 0 Å². The van der Waals surface area contributed by atoms with E-state index in [2.05, 4.69) is 5.32 Å². The molecule has 1 unspecified atom stereocenters. The molecule has 1 aliphatic rings. The van der Waals surface area contributed by atoms with Crippen LogP contribution in [0.2, 0.25) is 0 Å². The predicted molar refractivity (Wildman–Crippen MR) is 79.9 cm³/mol. The zero-order valence-electron chi connectivity index (χ0n) is 13.8. The summed E-state index contributed by atoms with van der Waals surface area (Å²) in [6.45, 7) is 12.1. The first-order valence-electron chi connectivity index (χ1n) is 7.40. The number of hydrogen-bond donors (Lipinski definition) is 1. The molecule has 1 N–H and O–H groups in total. The van der Waals surface area contributed by atoms with Gasteiger partial charge in [0.25, 0.3) is 0 Å². The van der Waals surface area contributed by atoms with Crippen molar-refractivity contribution in [1.29, 1.82) is 0 Å². The number of likely N-dealkylation sites (tertiary alicyclic amines) is 1. The maximum Gasteiger partial charge on any atom is 0.410 e. The molecule has 0 aliphatic carbocycles. The summed E-state index contributed by atoms with van der Waals surface area (Å²) in [6, 6.07) is 0.220. The fourth-order valence-corrected chi connectivity index (χ4v) is 2.22. The lowest BCUT2D eigenvalue weighted by atomic mass is 10.1. The highest BCUT2D eigenvalue weighted by Crippen LogP contribution is 2.20. The molecule has 1 atom stereocenters. The van der Waals surface area contributed by atoms with E-state index >= 15 is 0 Å². The minimum Gasteiger partial charge on any atom is -0.444 e. The van der Waals surface area contributed by atoms with E-state index in [0.717, 1.165) is 32.5 Å². The Morgan fingerprint density at radius 2 is 1.95 bits per heavy atom. The molecular formula is C15H30N2O3. The Morgan fingerprint density at radius 1 is 1.30 bits per heavy atom. The number of carbonyl (C=O) groups excluding carboxylic acids is 1. The molecule has 1 rings (SSSR count). The molecule has 1 heterocycles. The molecule has 0 radical (unpaired) electrons. The molecule has 0 spiro atoms. The lowest BCUT2D eigenvalue weighted by Crippen LogP contribution is -2.46. The van der Waals surface area contributed by atoms with Crippen molar-refractivity contribution in [3.8, 4) is 0 Å². The molecule has 1 amide bonds. The van der Waals surface area contributed by atoms with Gasteiger partial charge in [-0.05, 0) is 47.5 Å². The fourth-order valence-electron chi connectivity index (χ4n) is 2.22. The van der Waals surface area contributed by atoms with Crippen LogP contribution in [0, 0.1) is 0 Å². The van der Waals surface area contributed by atoms with Gasteiger partial charge in [0.15, 0.2) is 0 Å². The van der Waals surface area contributed by atoms with Crippen LogP contribution in [0.5, 0.6) is 0 Å². The Labute approximate surface area is 123 Å². The number of methoxy groups -OCH3 is 1. The highest BCUT2D eigenvalue weighted by Gasteiger charge is 2.32. The van der Waals surface area contributed by atoms with E-state index in [9.17, 15) is 4.79 Å². The number of ether oxygens (including phenoxy) is 2. The maximum absolute atomic E-state index is 12.1. The summed E-state index contributed by atoms with van der Waals surface area (Å²) in [5, 5.41) is 3.39. The Hall–Kier alpha value is -0.810. The Bertz CT molecular complexity index is 324. The van der Waals surface area contributed by atoms with Gasteiger partial charge in [-0.3, -0.25) is 0 Å². The fraction of sp³-hybridized carbons (Fsp3) is 0.933. The minimum absolute atomic E-state index is 0.185. The average Bonchev–Trinajstić information content (AvgIpc) is 2.75. The molecule has 5 heteroatoms. The first kappa shape index (κ1) is 17.2. The largest absolute Gasteiger partial charge is 0.444 e. The quantitative estimate of drug-likeness (QED) is 0.843. The van der Waals surface area contributed by atoms with Crippen molar-refractivity contribution in [1.82, 2.24) is 10.2 Å². The van der Waals surface area contributed by atoms with Gasteiger partial charge >= 0.3 is 6.09 Å². The van der Waals surface area contributed by atoms with Crippen LogP contribution in [0.4, 0.5) is 4.79 Å². The molecule has 5 nitrogen and oxygen atoms in total. The summed E-state index contributed by atoms with van der Waals surface area (Å²) in [5.41, 5.74) is -0.620. The summed E-state index contributed by atoms with van der Waals surface area (Å²) in [7, 11) is 1.71. The van der Waals surface area contributed by atoms with Gasteiger partial charge < -0.3 is 19.7 Å². The van der Waals surface area contributed by atoms with E-state index in [4.69, 9.17) is 9.47 Å². The predicted octanol–water partition coefficient (Wildman–Crippen LogP) is 2.40. The zero-order valence-corrected chi connectivity index (χ0v) is 13.8. The van der Waals surface area contributed by atoms with Gasteiger partial charge in [0.2, 0.25) is 0 Å². The zero-order chi connectivity index (χ0) is 15.4. The average molecular weight is 286 g/mol. The van der Waals surface area contributed by atoms with Crippen LogP contribution in [-0.2, 0) is 9.47 Å². The number of nitrogens with zero attached hydrogens (tertiary/aromatic N) is 1. The normalized spacial score (nSPS) is 20.3. The third-order valence-electron chi connectivity index (χ3n) is 3.49. The smallest absolute Gasteiger partial charge is 0.410 e. The van der Waals surface area contributed by atoms with E-state index < -0.39 is 5.60 Å². The van der Waals surface area contributed by atoms with Crippen molar-refractivity contribution >= 4 is 6.09 Å². The maximum atomic E-state index is 12.1. The minimum atomic E-state index is -0.435. The van der Waals surface area contributed by atoms with Crippen LogP contribution in [0.15, 0.2) is 0 Å². The van der Waals surface area contributed by atoms with Crippen LogP contribution in [0.25, 0.3) is 0 Å². The van der Waals surface area contributed by atoms with E-state index in [1.54, 1.807) is 7.11 Å². The van der Waals surface area contributed by atoms with Crippen LogP contribution in [-0.4, -0.2) is 55.0 Å². The second kappa shape index (κ2) is 6.76. The van der Waals surface area contributed by atoms with Crippen LogP contribution < -0.4 is 5.32 Å². The summed E-state index contributed by atoms with van der Waals surface area (Å²) in [5.74, 6) is 0. The van der Waals surface area contributed by atoms with Crippen LogP contribution >= 0.6 is 0 Å². The number of carbonyl (C=O) groups is 1. The first-order chi connectivity index (χ1) is 9.14. The van der Waals surface area contributed by atoms with Crippen molar-refractivity contribution in [2.45, 2.75) is 64.7 Å². The van der Waals surface area contributed by atoms with Gasteiger partial charge in [-0.15, -0.1) is 0 Å². The lowest BCUT2D eigenvalue weighted by Gasteiger charge is -2.30. The molecule has 1 saturated heterocycles. The number of amides is 1. The highest BCUT2D eigenvalue weighted by molar-refractivity contribution is 5.69. The summed E-state index contributed by atoms with van der Waals surface area (Å²) in [4.78, 5) is 14.0. The lowest BCUT2D eigenvalue weighted by molar-refractivity contribution is 0.0168. The van der Waals surface area contributed by atoms with Crippen molar-refractivity contribution in [2.75, 3.05) is 26.7 Å². The molecule has 1 aliphatic heterocycles. The first-order valence-corrected chi connectivity index (χ1v) is 7.40. The molecule has 0 aromatic carbocycles. The molecule has 118 valence electrons. The SMILES string of the molecule is COC(C)(C)CNCC1CCCN1C(=O)OC(C)(C)C.